The molecule has 0 unspecified atom stereocenters. The van der Waals surface area contributed by atoms with Gasteiger partial charge in [0, 0.05) is 0 Å². The second kappa shape index (κ2) is 7.27. The highest BCUT2D eigenvalue weighted by molar-refractivity contribution is 5.78. The van der Waals surface area contributed by atoms with Crippen LogP contribution in [-0.2, 0) is 9.78 Å². The molecule has 0 saturated heterocycles. The summed E-state index contributed by atoms with van der Waals surface area (Å²) in [5.74, 6) is 0.0347. The van der Waals surface area contributed by atoms with Gasteiger partial charge in [0.15, 0.2) is 6.29 Å². The molecule has 0 saturated carbocycles. The number of carbonyl (C=O) groups excluding carboxylic acids is 1. The third kappa shape index (κ3) is 4.95. The highest BCUT2D eigenvalue weighted by atomic mass is 17.2. The van der Waals surface area contributed by atoms with Crippen molar-refractivity contribution in [3.05, 3.63) is 29.8 Å². The maximum absolute atomic E-state index is 10.1. The molecule has 13 heavy (non-hydrogen) atoms. The summed E-state index contributed by atoms with van der Waals surface area (Å²) in [4.78, 5) is 18.2. The van der Waals surface area contributed by atoms with Crippen LogP contribution in [0.15, 0.2) is 24.3 Å². The van der Waals surface area contributed by atoms with Gasteiger partial charge in [-0.15, -0.1) is 0 Å². The summed E-state index contributed by atoms with van der Waals surface area (Å²) < 4.78 is 0. The molecule has 1 N–H and O–H groups in total. The quantitative estimate of drug-likeness (QED) is 0.429. The van der Waals surface area contributed by atoms with Gasteiger partial charge in [0.05, 0.1) is 19.8 Å². The summed E-state index contributed by atoms with van der Waals surface area (Å²) >= 11 is 0. The molecule has 0 aliphatic carbocycles. The van der Waals surface area contributed by atoms with Crippen LogP contribution in [0.2, 0.25) is 0 Å². The lowest BCUT2D eigenvalue weighted by Crippen LogP contribution is -1.77. The predicted molar refractivity (Wildman–Crippen MR) is 47.5 cm³/mol. The Morgan fingerprint density at radius 2 is 1.77 bits per heavy atom. The van der Waals surface area contributed by atoms with Crippen molar-refractivity contribution in [3.8, 4) is 5.75 Å². The van der Waals surface area contributed by atoms with Gasteiger partial charge >= 0.3 is 0 Å². The molecule has 0 radical (unpaired) electrons. The van der Waals surface area contributed by atoms with Crippen molar-refractivity contribution < 1.29 is 19.7 Å². The summed E-state index contributed by atoms with van der Waals surface area (Å²) in [6, 6.07) is 6.40. The summed E-state index contributed by atoms with van der Waals surface area (Å²) in [6.07, 6.45) is 0.620. The number of para-hydroxylation sites is 1. The maximum atomic E-state index is 10.1. The SMILES string of the molecule is COOC.O=Cc1ccccc1O. The van der Waals surface area contributed by atoms with Crippen molar-refractivity contribution in [2.45, 2.75) is 0 Å². The second-order valence-electron chi connectivity index (χ2n) is 2.01. The van der Waals surface area contributed by atoms with Crippen LogP contribution in [0, 0.1) is 0 Å². The minimum absolute atomic E-state index is 0.0347. The molecule has 0 aliphatic heterocycles. The van der Waals surface area contributed by atoms with Gasteiger partial charge in [0.25, 0.3) is 0 Å². The Labute approximate surface area is 76.6 Å². The summed E-state index contributed by atoms with van der Waals surface area (Å²) in [7, 11) is 2.92. The molecule has 0 bridgehead atoms. The van der Waals surface area contributed by atoms with Gasteiger partial charge in [0.1, 0.15) is 5.75 Å². The number of hydrogen-bond donors (Lipinski definition) is 1. The molecule has 0 heterocycles. The Hall–Kier alpha value is -1.39. The number of phenolic OH excluding ortho intramolecular Hbond substituents is 1. The average molecular weight is 184 g/mol. The average Bonchev–Trinajstić information content (AvgIpc) is 2.19. The van der Waals surface area contributed by atoms with Gasteiger partial charge in [-0.05, 0) is 12.1 Å². The Morgan fingerprint density at radius 1 is 1.23 bits per heavy atom. The molecule has 0 spiro atoms. The first-order valence-electron chi connectivity index (χ1n) is 3.56. The van der Waals surface area contributed by atoms with Gasteiger partial charge in [-0.1, -0.05) is 12.1 Å². The van der Waals surface area contributed by atoms with E-state index in [4.69, 9.17) is 5.11 Å². The van der Waals surface area contributed by atoms with Gasteiger partial charge in [-0.2, -0.15) is 0 Å². The fourth-order valence-corrected chi connectivity index (χ4v) is 0.587. The summed E-state index contributed by atoms with van der Waals surface area (Å²) in [5.41, 5.74) is 0.331. The van der Waals surface area contributed by atoms with E-state index < -0.39 is 0 Å². The zero-order valence-electron chi connectivity index (χ0n) is 7.56. The van der Waals surface area contributed by atoms with E-state index in [0.717, 1.165) is 0 Å². The van der Waals surface area contributed by atoms with Gasteiger partial charge in [0.2, 0.25) is 0 Å². The topological polar surface area (TPSA) is 55.8 Å². The van der Waals surface area contributed by atoms with Crippen molar-refractivity contribution in [3.63, 3.8) is 0 Å². The monoisotopic (exact) mass is 184 g/mol. The molecular weight excluding hydrogens is 172 g/mol. The van der Waals surface area contributed by atoms with E-state index in [2.05, 4.69) is 9.78 Å². The van der Waals surface area contributed by atoms with E-state index in [-0.39, 0.29) is 5.75 Å². The van der Waals surface area contributed by atoms with Crippen LogP contribution in [0.3, 0.4) is 0 Å². The molecule has 0 fully saturated rings. The molecule has 72 valence electrons. The van der Waals surface area contributed by atoms with Crippen LogP contribution in [0.25, 0.3) is 0 Å². The minimum Gasteiger partial charge on any atom is -0.507 e. The van der Waals surface area contributed by atoms with Crippen LogP contribution in [0.4, 0.5) is 0 Å². The molecule has 1 aromatic carbocycles. The summed E-state index contributed by atoms with van der Waals surface area (Å²) in [5, 5.41) is 8.88. The van der Waals surface area contributed by atoms with Crippen molar-refractivity contribution in [1.29, 1.82) is 0 Å². The number of aromatic hydroxyl groups is 1. The molecule has 0 atom stereocenters. The van der Waals surface area contributed by atoms with Crippen molar-refractivity contribution in [2.24, 2.45) is 0 Å². The molecule has 1 rings (SSSR count). The number of phenols is 1. The molecule has 0 aromatic heterocycles. The van der Waals surface area contributed by atoms with Gasteiger partial charge in [-0.3, -0.25) is 4.79 Å². The van der Waals surface area contributed by atoms with Crippen molar-refractivity contribution >= 4 is 6.29 Å². The van der Waals surface area contributed by atoms with Crippen LogP contribution in [-0.4, -0.2) is 25.6 Å². The lowest BCUT2D eigenvalue weighted by atomic mass is 10.2. The predicted octanol–water partition coefficient (Wildman–Crippen LogP) is 1.40. The maximum Gasteiger partial charge on any atom is 0.153 e. The fourth-order valence-electron chi connectivity index (χ4n) is 0.587. The summed E-state index contributed by atoms with van der Waals surface area (Å²) in [6.45, 7) is 0. The first kappa shape index (κ1) is 11.6. The third-order valence-electron chi connectivity index (χ3n) is 1.23. The number of carbonyl (C=O) groups is 1. The van der Waals surface area contributed by atoms with Gasteiger partial charge in [-0.25, -0.2) is 9.78 Å². The molecule has 0 aliphatic rings. The van der Waals surface area contributed by atoms with E-state index in [1.165, 1.54) is 20.3 Å². The minimum atomic E-state index is 0.0347. The Bertz CT molecular complexity index is 245. The molecule has 0 amide bonds. The molecule has 4 heteroatoms. The van der Waals surface area contributed by atoms with Crippen LogP contribution >= 0.6 is 0 Å². The molecule has 4 nitrogen and oxygen atoms in total. The van der Waals surface area contributed by atoms with Crippen LogP contribution in [0.5, 0.6) is 5.75 Å². The third-order valence-corrected chi connectivity index (χ3v) is 1.23. The van der Waals surface area contributed by atoms with Gasteiger partial charge < -0.3 is 5.11 Å². The Kier molecular flexibility index (Phi) is 6.49. The molecular formula is C9H12O4. The Morgan fingerprint density at radius 3 is 2.08 bits per heavy atom. The van der Waals surface area contributed by atoms with E-state index in [9.17, 15) is 4.79 Å². The van der Waals surface area contributed by atoms with Crippen molar-refractivity contribution in [2.75, 3.05) is 14.2 Å². The highest BCUT2D eigenvalue weighted by Crippen LogP contribution is 2.11. The zero-order valence-corrected chi connectivity index (χ0v) is 7.56. The normalized spacial score (nSPS) is 8.46. The number of aldehydes is 1. The van der Waals surface area contributed by atoms with Crippen LogP contribution < -0.4 is 0 Å². The van der Waals surface area contributed by atoms with E-state index in [1.54, 1.807) is 18.2 Å². The largest absolute Gasteiger partial charge is 0.507 e. The van der Waals surface area contributed by atoms with Crippen LogP contribution in [0.1, 0.15) is 10.4 Å². The smallest absolute Gasteiger partial charge is 0.153 e. The second-order valence-corrected chi connectivity index (χ2v) is 2.01. The molecule has 1 aromatic rings. The highest BCUT2D eigenvalue weighted by Gasteiger charge is 1.93. The number of rotatable bonds is 2. The van der Waals surface area contributed by atoms with E-state index >= 15 is 0 Å². The number of benzene rings is 1. The first-order valence-corrected chi connectivity index (χ1v) is 3.56. The lowest BCUT2D eigenvalue weighted by molar-refractivity contribution is -0.248. The number of hydrogen-bond acceptors (Lipinski definition) is 4. The van der Waals surface area contributed by atoms with Crippen molar-refractivity contribution in [1.82, 2.24) is 0 Å². The van der Waals surface area contributed by atoms with E-state index in [0.29, 0.717) is 11.8 Å². The lowest BCUT2D eigenvalue weighted by Gasteiger charge is -1.91. The first-order chi connectivity index (χ1) is 6.26. The standard InChI is InChI=1S/C7H6O2.C2H6O2/c8-5-6-3-1-2-4-7(6)9;1-3-4-2/h1-5,9H;1-2H3. The van der Waals surface area contributed by atoms with E-state index in [1.807, 2.05) is 0 Å². The fraction of sp³-hybridized carbons (Fsp3) is 0.222. The zero-order chi connectivity index (χ0) is 10.1. The Balaban J connectivity index is 0.000000310.